The first-order valence-electron chi connectivity index (χ1n) is 7.21. The Morgan fingerprint density at radius 1 is 1.41 bits per heavy atom. The van der Waals surface area contributed by atoms with Crippen LogP contribution in [0.3, 0.4) is 0 Å². The molecule has 5 nitrogen and oxygen atoms in total. The van der Waals surface area contributed by atoms with Crippen molar-refractivity contribution in [3.63, 3.8) is 0 Å². The zero-order valence-corrected chi connectivity index (χ0v) is 13.7. The van der Waals surface area contributed by atoms with Crippen molar-refractivity contribution in [1.29, 1.82) is 0 Å². The standard InChI is InChI=1S/C16H20N2O3S/c1-18(2)8-9-21-16(20)12-5-3-7-17-13(12)11-14(19)15-6-4-10-22-15/h4,6-7,10H,3,5,8-9,11H2,1-2H3. The second-order valence-corrected chi connectivity index (χ2v) is 6.24. The molecule has 0 fully saturated rings. The van der Waals surface area contributed by atoms with Crippen molar-refractivity contribution in [2.75, 3.05) is 27.2 Å². The van der Waals surface area contributed by atoms with Crippen LogP contribution in [0.15, 0.2) is 33.8 Å². The Labute approximate surface area is 134 Å². The van der Waals surface area contributed by atoms with Gasteiger partial charge in [0.05, 0.1) is 22.6 Å². The van der Waals surface area contributed by atoms with Gasteiger partial charge in [0.15, 0.2) is 5.78 Å². The molecule has 22 heavy (non-hydrogen) atoms. The van der Waals surface area contributed by atoms with Gasteiger partial charge in [0.25, 0.3) is 0 Å². The van der Waals surface area contributed by atoms with E-state index in [4.69, 9.17) is 4.74 Å². The molecule has 0 radical (unpaired) electrons. The Bertz CT molecular complexity index is 589. The number of carbonyl (C=O) groups excluding carboxylic acids is 2. The number of ether oxygens (including phenoxy) is 1. The van der Waals surface area contributed by atoms with Crippen molar-refractivity contribution in [2.45, 2.75) is 19.3 Å². The highest BCUT2D eigenvalue weighted by Crippen LogP contribution is 2.23. The smallest absolute Gasteiger partial charge is 0.335 e. The number of nitrogens with zero attached hydrogens (tertiary/aromatic N) is 2. The van der Waals surface area contributed by atoms with Crippen molar-refractivity contribution in [2.24, 2.45) is 4.99 Å². The van der Waals surface area contributed by atoms with Gasteiger partial charge in [-0.1, -0.05) is 6.07 Å². The van der Waals surface area contributed by atoms with Gasteiger partial charge in [-0.15, -0.1) is 11.3 Å². The van der Waals surface area contributed by atoms with E-state index in [2.05, 4.69) is 4.99 Å². The van der Waals surface area contributed by atoms with Crippen LogP contribution < -0.4 is 0 Å². The lowest BCUT2D eigenvalue weighted by Crippen LogP contribution is -2.22. The average Bonchev–Trinajstić information content (AvgIpc) is 3.01. The zero-order chi connectivity index (χ0) is 15.9. The van der Waals surface area contributed by atoms with Crippen LogP contribution in [0.25, 0.3) is 0 Å². The molecule has 0 amide bonds. The van der Waals surface area contributed by atoms with E-state index in [1.54, 1.807) is 12.3 Å². The zero-order valence-electron chi connectivity index (χ0n) is 12.9. The van der Waals surface area contributed by atoms with Gasteiger partial charge in [0.2, 0.25) is 0 Å². The highest BCUT2D eigenvalue weighted by Gasteiger charge is 2.21. The van der Waals surface area contributed by atoms with Crippen LogP contribution >= 0.6 is 11.3 Å². The first-order valence-corrected chi connectivity index (χ1v) is 8.09. The monoisotopic (exact) mass is 320 g/mol. The number of Topliss-reactive ketones (excluding diaryl/α,β-unsaturated/α-hetero) is 1. The minimum Gasteiger partial charge on any atom is -0.461 e. The van der Waals surface area contributed by atoms with E-state index < -0.39 is 0 Å². The first-order chi connectivity index (χ1) is 10.6. The number of aliphatic imine (C=N–C) groups is 1. The Hall–Kier alpha value is -1.79. The Balaban J connectivity index is 2.04. The second-order valence-electron chi connectivity index (χ2n) is 5.29. The number of thiophene rings is 1. The fourth-order valence-corrected chi connectivity index (χ4v) is 2.73. The number of rotatable bonds is 7. The van der Waals surface area contributed by atoms with Gasteiger partial charge in [-0.25, -0.2) is 4.79 Å². The molecule has 2 rings (SSSR count). The number of likely N-dealkylation sites (N-methyl/N-ethyl adjacent to an activating group) is 1. The summed E-state index contributed by atoms with van der Waals surface area (Å²) in [6.45, 7) is 1.01. The van der Waals surface area contributed by atoms with Gasteiger partial charge in [-0.2, -0.15) is 0 Å². The van der Waals surface area contributed by atoms with Gasteiger partial charge in [0.1, 0.15) is 6.61 Å². The summed E-state index contributed by atoms with van der Waals surface area (Å²) in [6.07, 6.45) is 3.19. The number of allylic oxidation sites excluding steroid dienone is 1. The Kier molecular flexibility index (Phi) is 6.03. The predicted octanol–water partition coefficient (Wildman–Crippen LogP) is 2.54. The molecule has 0 unspecified atom stereocenters. The van der Waals surface area contributed by atoms with E-state index >= 15 is 0 Å². The fraction of sp³-hybridized carbons (Fsp3) is 0.438. The molecule has 0 saturated heterocycles. The topological polar surface area (TPSA) is 59.0 Å². The number of hydrogen-bond acceptors (Lipinski definition) is 6. The summed E-state index contributed by atoms with van der Waals surface area (Å²) in [5.41, 5.74) is 1.07. The predicted molar refractivity (Wildman–Crippen MR) is 87.5 cm³/mol. The molecule has 2 heterocycles. The molecule has 118 valence electrons. The molecule has 1 aliphatic rings. The van der Waals surface area contributed by atoms with Gasteiger partial charge >= 0.3 is 5.97 Å². The summed E-state index contributed by atoms with van der Waals surface area (Å²) in [4.78, 5) is 31.3. The third-order valence-electron chi connectivity index (χ3n) is 3.26. The Morgan fingerprint density at radius 3 is 2.91 bits per heavy atom. The van der Waals surface area contributed by atoms with Crippen molar-refractivity contribution in [3.05, 3.63) is 33.7 Å². The highest BCUT2D eigenvalue weighted by atomic mass is 32.1. The lowest BCUT2D eigenvalue weighted by atomic mass is 10.0. The summed E-state index contributed by atoms with van der Waals surface area (Å²) in [5, 5.41) is 1.86. The molecule has 6 heteroatoms. The minimum atomic E-state index is -0.354. The van der Waals surface area contributed by atoms with Crippen LogP contribution in [0.5, 0.6) is 0 Å². The van der Waals surface area contributed by atoms with E-state index in [-0.39, 0.29) is 18.2 Å². The molecule has 1 aromatic heterocycles. The molecule has 0 N–H and O–H groups in total. The molecule has 0 bridgehead atoms. The van der Waals surface area contributed by atoms with Gasteiger partial charge in [-0.05, 0) is 38.4 Å². The normalized spacial score (nSPS) is 14.5. The lowest BCUT2D eigenvalue weighted by molar-refractivity contribution is -0.139. The van der Waals surface area contributed by atoms with Crippen molar-refractivity contribution < 1.29 is 14.3 Å². The van der Waals surface area contributed by atoms with E-state index in [0.717, 1.165) is 0 Å². The fourth-order valence-electron chi connectivity index (χ4n) is 2.06. The van der Waals surface area contributed by atoms with E-state index in [9.17, 15) is 9.59 Å². The van der Waals surface area contributed by atoms with Crippen LogP contribution in [0.2, 0.25) is 0 Å². The quantitative estimate of drug-likeness (QED) is 0.572. The van der Waals surface area contributed by atoms with E-state index in [1.165, 1.54) is 11.3 Å². The number of esters is 1. The molecular weight excluding hydrogens is 300 g/mol. The molecule has 0 aliphatic carbocycles. The highest BCUT2D eigenvalue weighted by molar-refractivity contribution is 7.12. The summed E-state index contributed by atoms with van der Waals surface area (Å²) in [6, 6.07) is 3.63. The Morgan fingerprint density at radius 2 is 2.23 bits per heavy atom. The number of ketones is 1. The molecule has 0 aromatic carbocycles. The molecular formula is C16H20N2O3S. The summed E-state index contributed by atoms with van der Waals surface area (Å²) in [5.74, 6) is -0.365. The van der Waals surface area contributed by atoms with Gasteiger partial charge in [-0.3, -0.25) is 9.79 Å². The summed E-state index contributed by atoms with van der Waals surface area (Å²) in [7, 11) is 3.84. The maximum absolute atomic E-state index is 12.2. The molecule has 0 saturated carbocycles. The van der Waals surface area contributed by atoms with Crippen molar-refractivity contribution >= 4 is 29.3 Å². The molecule has 0 atom stereocenters. The maximum atomic E-state index is 12.2. The third kappa shape index (κ3) is 4.61. The first kappa shape index (κ1) is 16.6. The maximum Gasteiger partial charge on any atom is 0.335 e. The van der Waals surface area contributed by atoms with Gasteiger partial charge < -0.3 is 9.64 Å². The number of carbonyl (C=O) groups is 2. The van der Waals surface area contributed by atoms with Gasteiger partial charge in [0, 0.05) is 12.8 Å². The summed E-state index contributed by atoms with van der Waals surface area (Å²) >= 11 is 1.40. The van der Waals surface area contributed by atoms with Crippen LogP contribution in [-0.2, 0) is 9.53 Å². The lowest BCUT2D eigenvalue weighted by Gasteiger charge is -2.15. The molecule has 0 spiro atoms. The SMILES string of the molecule is CN(C)CCOC(=O)C1=C(CC(=O)c2cccs2)N=CCC1. The second kappa shape index (κ2) is 8.00. The molecule has 1 aliphatic heterocycles. The van der Waals surface area contributed by atoms with E-state index in [1.807, 2.05) is 30.4 Å². The molecule has 1 aromatic rings. The average molecular weight is 320 g/mol. The van der Waals surface area contributed by atoms with Crippen molar-refractivity contribution in [3.8, 4) is 0 Å². The third-order valence-corrected chi connectivity index (χ3v) is 4.17. The van der Waals surface area contributed by atoms with Crippen molar-refractivity contribution in [1.82, 2.24) is 4.90 Å². The largest absolute Gasteiger partial charge is 0.461 e. The minimum absolute atomic E-state index is 0.0114. The van der Waals surface area contributed by atoms with Crippen LogP contribution in [0.4, 0.5) is 0 Å². The van der Waals surface area contributed by atoms with Crippen LogP contribution in [0, 0.1) is 0 Å². The summed E-state index contributed by atoms with van der Waals surface area (Å²) < 4.78 is 5.27. The van der Waals surface area contributed by atoms with Crippen LogP contribution in [0.1, 0.15) is 28.9 Å². The number of hydrogen-bond donors (Lipinski definition) is 0. The van der Waals surface area contributed by atoms with E-state index in [0.29, 0.717) is 42.1 Å². The van der Waals surface area contributed by atoms with Crippen LogP contribution in [-0.4, -0.2) is 50.1 Å².